The molecule has 32 heavy (non-hydrogen) atoms. The molecule has 4 aromatic rings. The van der Waals surface area contributed by atoms with Crippen LogP contribution in [-0.4, -0.2) is 51.9 Å². The highest BCUT2D eigenvalue weighted by molar-refractivity contribution is 6.07. The molecule has 1 aliphatic heterocycles. The number of carbonyl (C=O) groups excluding carboxylic acids is 1. The summed E-state index contributed by atoms with van der Waals surface area (Å²) in [5.74, 6) is 0.759. The maximum atomic E-state index is 13.6. The highest BCUT2D eigenvalue weighted by atomic mass is 16.2. The Morgan fingerprint density at radius 2 is 1.62 bits per heavy atom. The van der Waals surface area contributed by atoms with Crippen LogP contribution in [0.5, 0.6) is 0 Å². The zero-order valence-corrected chi connectivity index (χ0v) is 18.3. The van der Waals surface area contributed by atoms with Crippen LogP contribution >= 0.6 is 0 Å². The van der Waals surface area contributed by atoms with Crippen molar-refractivity contribution in [1.82, 2.24) is 19.9 Å². The number of nitrogens with zero attached hydrogens (tertiary/aromatic N) is 5. The molecule has 5 rings (SSSR count). The predicted octanol–water partition coefficient (Wildman–Crippen LogP) is 4.27. The molecule has 1 amide bonds. The predicted molar refractivity (Wildman–Crippen MR) is 127 cm³/mol. The number of aromatic nitrogens is 3. The van der Waals surface area contributed by atoms with Gasteiger partial charge in [-0.3, -0.25) is 4.79 Å². The first-order valence-electron chi connectivity index (χ1n) is 10.9. The lowest BCUT2D eigenvalue weighted by Gasteiger charge is -2.34. The lowest BCUT2D eigenvalue weighted by Crippen LogP contribution is -2.49. The summed E-state index contributed by atoms with van der Waals surface area (Å²) in [6, 6.07) is 18.0. The van der Waals surface area contributed by atoms with Crippen molar-refractivity contribution in [3.8, 4) is 11.3 Å². The van der Waals surface area contributed by atoms with Crippen molar-refractivity contribution in [1.29, 1.82) is 0 Å². The van der Waals surface area contributed by atoms with Crippen LogP contribution in [0, 0.1) is 13.8 Å². The fourth-order valence-electron chi connectivity index (χ4n) is 4.33. The Hall–Kier alpha value is -3.80. The number of pyridine rings is 1. The molecule has 3 heterocycles. The van der Waals surface area contributed by atoms with Crippen LogP contribution < -0.4 is 4.90 Å². The van der Waals surface area contributed by atoms with E-state index in [-0.39, 0.29) is 5.91 Å². The zero-order valence-electron chi connectivity index (χ0n) is 18.3. The molecule has 160 valence electrons. The molecule has 1 fully saturated rings. The molecule has 0 unspecified atom stereocenters. The van der Waals surface area contributed by atoms with Crippen molar-refractivity contribution in [3.05, 3.63) is 83.7 Å². The van der Waals surface area contributed by atoms with Gasteiger partial charge in [-0.15, -0.1) is 0 Å². The second-order valence-electron chi connectivity index (χ2n) is 8.22. The molecule has 0 saturated carbocycles. The van der Waals surface area contributed by atoms with Crippen molar-refractivity contribution >= 4 is 22.8 Å². The Bertz CT molecular complexity index is 1280. The highest BCUT2D eigenvalue weighted by Gasteiger charge is 2.25. The fourth-order valence-corrected chi connectivity index (χ4v) is 4.33. The minimum absolute atomic E-state index is 0.0447. The van der Waals surface area contributed by atoms with Gasteiger partial charge in [-0.1, -0.05) is 42.0 Å². The Morgan fingerprint density at radius 1 is 0.875 bits per heavy atom. The number of carbonyl (C=O) groups is 1. The van der Waals surface area contributed by atoms with Crippen molar-refractivity contribution in [2.75, 3.05) is 31.1 Å². The van der Waals surface area contributed by atoms with E-state index >= 15 is 0 Å². The lowest BCUT2D eigenvalue weighted by molar-refractivity contribution is 0.0748. The topological polar surface area (TPSA) is 62.2 Å². The number of hydrogen-bond donors (Lipinski definition) is 0. The van der Waals surface area contributed by atoms with E-state index < -0.39 is 0 Å². The molecule has 6 nitrogen and oxygen atoms in total. The number of para-hydroxylation sites is 1. The van der Waals surface area contributed by atoms with Crippen LogP contribution in [0.2, 0.25) is 0 Å². The summed E-state index contributed by atoms with van der Waals surface area (Å²) in [5, 5.41) is 0.889. The van der Waals surface area contributed by atoms with E-state index in [1.807, 2.05) is 41.3 Å². The van der Waals surface area contributed by atoms with E-state index in [1.165, 1.54) is 5.56 Å². The molecule has 0 aliphatic carbocycles. The summed E-state index contributed by atoms with van der Waals surface area (Å²) < 4.78 is 0. The molecular weight excluding hydrogens is 398 g/mol. The molecule has 2 aromatic heterocycles. The van der Waals surface area contributed by atoms with Gasteiger partial charge in [0.2, 0.25) is 5.95 Å². The molecule has 1 aliphatic rings. The first-order valence-corrected chi connectivity index (χ1v) is 10.9. The first kappa shape index (κ1) is 20.1. The highest BCUT2D eigenvalue weighted by Crippen LogP contribution is 2.28. The molecule has 2 aromatic carbocycles. The van der Waals surface area contributed by atoms with Gasteiger partial charge in [0, 0.05) is 49.5 Å². The van der Waals surface area contributed by atoms with Gasteiger partial charge in [0.05, 0.1) is 16.8 Å². The molecule has 0 N–H and O–H groups in total. The van der Waals surface area contributed by atoms with Crippen LogP contribution in [-0.2, 0) is 0 Å². The van der Waals surface area contributed by atoms with Gasteiger partial charge in [-0.25, -0.2) is 15.0 Å². The summed E-state index contributed by atoms with van der Waals surface area (Å²) in [7, 11) is 0. The third-order valence-electron chi connectivity index (χ3n) is 6.01. The lowest BCUT2D eigenvalue weighted by atomic mass is 9.99. The summed E-state index contributed by atoms with van der Waals surface area (Å²) in [5.41, 5.74) is 5.80. The third-order valence-corrected chi connectivity index (χ3v) is 6.01. The molecule has 0 atom stereocenters. The first-order chi connectivity index (χ1) is 15.6. The normalized spacial score (nSPS) is 14.1. The maximum Gasteiger partial charge on any atom is 0.254 e. The minimum Gasteiger partial charge on any atom is -0.337 e. The monoisotopic (exact) mass is 423 g/mol. The fraction of sp³-hybridized carbons (Fsp3) is 0.231. The van der Waals surface area contributed by atoms with Crippen molar-refractivity contribution < 1.29 is 4.79 Å². The molecular formula is C26H25N5O. The van der Waals surface area contributed by atoms with Crippen molar-refractivity contribution in [3.63, 3.8) is 0 Å². The van der Waals surface area contributed by atoms with Crippen LogP contribution in [0.1, 0.15) is 21.5 Å². The quantitative estimate of drug-likeness (QED) is 0.492. The van der Waals surface area contributed by atoms with Gasteiger partial charge in [0.1, 0.15) is 0 Å². The number of fused-ring (bicyclic) bond motifs is 1. The number of anilines is 1. The number of piperazine rings is 1. The second kappa shape index (κ2) is 8.38. The van der Waals surface area contributed by atoms with E-state index in [0.29, 0.717) is 37.7 Å². The molecule has 1 saturated heterocycles. The van der Waals surface area contributed by atoms with Gasteiger partial charge in [-0.2, -0.15) is 0 Å². The number of benzene rings is 2. The Balaban J connectivity index is 1.47. The van der Waals surface area contributed by atoms with Crippen molar-refractivity contribution in [2.24, 2.45) is 0 Å². The van der Waals surface area contributed by atoms with E-state index in [1.54, 1.807) is 12.4 Å². The largest absolute Gasteiger partial charge is 0.337 e. The van der Waals surface area contributed by atoms with Crippen LogP contribution in [0.15, 0.2) is 67.0 Å². The van der Waals surface area contributed by atoms with Crippen molar-refractivity contribution in [2.45, 2.75) is 13.8 Å². The van der Waals surface area contributed by atoms with Crippen LogP contribution in [0.4, 0.5) is 5.95 Å². The average molecular weight is 424 g/mol. The summed E-state index contributed by atoms with van der Waals surface area (Å²) in [6.07, 6.45) is 3.50. The van der Waals surface area contributed by atoms with Gasteiger partial charge >= 0.3 is 0 Å². The summed E-state index contributed by atoms with van der Waals surface area (Å²) >= 11 is 0. The Kier molecular flexibility index (Phi) is 5.27. The maximum absolute atomic E-state index is 13.6. The van der Waals surface area contributed by atoms with Gasteiger partial charge < -0.3 is 9.80 Å². The van der Waals surface area contributed by atoms with Gasteiger partial charge in [0.15, 0.2) is 0 Å². The van der Waals surface area contributed by atoms with Gasteiger partial charge in [-0.05, 0) is 37.6 Å². The van der Waals surface area contributed by atoms with E-state index in [9.17, 15) is 4.79 Å². The molecule has 0 spiro atoms. The third kappa shape index (κ3) is 3.80. The zero-order chi connectivity index (χ0) is 22.1. The summed E-state index contributed by atoms with van der Waals surface area (Å²) in [4.78, 5) is 31.2. The molecule has 0 bridgehead atoms. The number of hydrogen-bond acceptors (Lipinski definition) is 5. The SMILES string of the molecule is Cc1ccc(-c2cc(C(=O)N3CCN(c4ncccn4)CC3)c3ccccc3n2)c(C)c1. The van der Waals surface area contributed by atoms with E-state index in [2.05, 4.69) is 46.9 Å². The van der Waals surface area contributed by atoms with Crippen LogP contribution in [0.3, 0.4) is 0 Å². The Labute approximate surface area is 187 Å². The van der Waals surface area contributed by atoms with E-state index in [4.69, 9.17) is 4.98 Å². The molecule has 6 heteroatoms. The second-order valence-corrected chi connectivity index (χ2v) is 8.22. The minimum atomic E-state index is 0.0447. The van der Waals surface area contributed by atoms with Crippen LogP contribution in [0.25, 0.3) is 22.2 Å². The van der Waals surface area contributed by atoms with Gasteiger partial charge in [0.25, 0.3) is 5.91 Å². The Morgan fingerprint density at radius 3 is 2.38 bits per heavy atom. The molecule has 0 radical (unpaired) electrons. The van der Waals surface area contributed by atoms with E-state index in [0.717, 1.165) is 27.7 Å². The number of aryl methyl sites for hydroxylation is 2. The average Bonchev–Trinajstić information content (AvgIpc) is 2.83. The summed E-state index contributed by atoms with van der Waals surface area (Å²) in [6.45, 7) is 6.86. The number of amides is 1. The standard InChI is InChI=1S/C26H25N5O/c1-18-8-9-20(19(2)16-18)24-17-22(21-6-3-4-7-23(21)29-24)25(32)30-12-14-31(15-13-30)26-27-10-5-11-28-26/h3-11,16-17H,12-15H2,1-2H3. The smallest absolute Gasteiger partial charge is 0.254 e. The number of rotatable bonds is 3.